The molecule has 0 aromatic heterocycles. The van der Waals surface area contributed by atoms with Crippen molar-refractivity contribution in [2.75, 3.05) is 13.2 Å². The second-order valence-electron chi connectivity index (χ2n) is 8.16. The predicted octanol–water partition coefficient (Wildman–Crippen LogP) is -1.46. The topological polar surface area (TPSA) is 175 Å². The Morgan fingerprint density at radius 3 is 2.26 bits per heavy atom. The normalized spacial score (nSPS) is 38.7. The average molecular weight is 452 g/mol. The van der Waals surface area contributed by atoms with E-state index in [-0.39, 0.29) is 18.9 Å². The minimum Gasteiger partial charge on any atom is -0.433 e. The highest BCUT2D eigenvalue weighted by Gasteiger charge is 2.45. The van der Waals surface area contributed by atoms with Crippen molar-refractivity contribution >= 4 is 5.97 Å². The van der Waals surface area contributed by atoms with E-state index in [1.54, 1.807) is 6.92 Å². The molecule has 0 bridgehead atoms. The van der Waals surface area contributed by atoms with Gasteiger partial charge in [0, 0.05) is 19.4 Å². The molecule has 2 fully saturated rings. The van der Waals surface area contributed by atoms with E-state index in [0.29, 0.717) is 13.0 Å². The van der Waals surface area contributed by atoms with Crippen LogP contribution in [0.4, 0.5) is 0 Å². The molecule has 7 unspecified atom stereocenters. The van der Waals surface area contributed by atoms with E-state index in [1.807, 2.05) is 0 Å². The third kappa shape index (κ3) is 7.88. The number of hydrogen-bond acceptors (Lipinski definition) is 11. The van der Waals surface area contributed by atoms with Gasteiger partial charge in [-0.05, 0) is 19.8 Å². The summed E-state index contributed by atoms with van der Waals surface area (Å²) in [6.45, 7) is 1.56. The minimum atomic E-state index is -1.60. The van der Waals surface area contributed by atoms with Gasteiger partial charge in [-0.15, -0.1) is 0 Å². The second kappa shape index (κ2) is 13.0. The summed E-state index contributed by atoms with van der Waals surface area (Å²) in [5.41, 5.74) is 0. The van der Waals surface area contributed by atoms with Crippen LogP contribution < -0.4 is 0 Å². The first-order chi connectivity index (χ1) is 14.7. The predicted molar refractivity (Wildman–Crippen MR) is 104 cm³/mol. The lowest BCUT2D eigenvalue weighted by Gasteiger charge is -2.39. The first-order valence-corrected chi connectivity index (χ1v) is 10.9. The van der Waals surface area contributed by atoms with E-state index in [9.17, 15) is 30.3 Å². The van der Waals surface area contributed by atoms with Crippen molar-refractivity contribution in [2.45, 2.75) is 107 Å². The van der Waals surface area contributed by atoms with Crippen LogP contribution in [0, 0.1) is 0 Å². The summed E-state index contributed by atoms with van der Waals surface area (Å²) >= 11 is 0. The quantitative estimate of drug-likeness (QED) is 0.160. The number of rotatable bonds is 11. The van der Waals surface area contributed by atoms with Crippen LogP contribution in [0.5, 0.6) is 0 Å². The van der Waals surface area contributed by atoms with Crippen LogP contribution in [0.2, 0.25) is 0 Å². The number of carbonyl (C=O) groups is 1. The zero-order valence-corrected chi connectivity index (χ0v) is 17.8. The monoisotopic (exact) mass is 452 g/mol. The number of hydrogen-bond donors (Lipinski definition) is 6. The molecular weight excluding hydrogens is 416 g/mol. The van der Waals surface area contributed by atoms with Gasteiger partial charge in [0.25, 0.3) is 0 Å². The Bertz CT molecular complexity index is 531. The van der Waals surface area contributed by atoms with Crippen LogP contribution in [0.3, 0.4) is 0 Å². The van der Waals surface area contributed by atoms with Crippen LogP contribution in [0.1, 0.15) is 51.9 Å². The second-order valence-corrected chi connectivity index (χ2v) is 8.16. The Morgan fingerprint density at radius 1 is 0.871 bits per heavy atom. The van der Waals surface area contributed by atoms with E-state index >= 15 is 0 Å². The van der Waals surface area contributed by atoms with Crippen LogP contribution in [0.15, 0.2) is 0 Å². The largest absolute Gasteiger partial charge is 0.433 e. The van der Waals surface area contributed by atoms with Crippen LogP contribution in [-0.2, 0) is 23.7 Å². The first kappa shape index (κ1) is 26.4. The molecule has 6 N–H and O–H groups in total. The highest BCUT2D eigenvalue weighted by atomic mass is 16.7. The Balaban J connectivity index is 1.52. The van der Waals surface area contributed by atoms with Gasteiger partial charge < -0.3 is 49.6 Å². The highest BCUT2D eigenvalue weighted by molar-refractivity contribution is 5.69. The zero-order valence-electron chi connectivity index (χ0n) is 17.8. The number of aliphatic hydroxyl groups is 6. The summed E-state index contributed by atoms with van der Waals surface area (Å²) in [4.78, 5) is 11.9. The van der Waals surface area contributed by atoms with Crippen molar-refractivity contribution in [3.05, 3.63) is 0 Å². The van der Waals surface area contributed by atoms with Gasteiger partial charge >= 0.3 is 5.97 Å². The lowest BCUT2D eigenvalue weighted by molar-refractivity contribution is -0.292. The molecule has 2 aliphatic heterocycles. The summed E-state index contributed by atoms with van der Waals surface area (Å²) in [6, 6.07) is 0. The van der Waals surface area contributed by atoms with E-state index in [0.717, 1.165) is 25.7 Å². The Morgan fingerprint density at radius 2 is 1.55 bits per heavy atom. The molecule has 0 radical (unpaired) electrons. The summed E-state index contributed by atoms with van der Waals surface area (Å²) in [5.74, 6) is -0.604. The third-order valence-corrected chi connectivity index (χ3v) is 5.59. The van der Waals surface area contributed by atoms with Gasteiger partial charge in [0.05, 0.1) is 18.8 Å². The molecule has 11 heteroatoms. The Hall–Kier alpha value is -0.890. The molecule has 2 rings (SSSR count). The molecule has 0 aromatic rings. The highest BCUT2D eigenvalue weighted by Crippen LogP contribution is 2.23. The molecule has 182 valence electrons. The standard InChI is InChI=1S/C20H36O11/c1-11-12(22)9-13(23)19(29-11)28-8-6-4-2-3-5-7-15(24)31-20-18(27)17(26)16(25)14(10-21)30-20/h11-14,16-23,25-27H,2-10H2,1H3/t11?,12-,13+,14?,16?,17?,18?,19?,20?/m1/s1. The maximum atomic E-state index is 11.9. The molecule has 0 saturated carbocycles. The molecule has 0 aliphatic carbocycles. The van der Waals surface area contributed by atoms with Gasteiger partial charge in [0.15, 0.2) is 6.29 Å². The van der Waals surface area contributed by atoms with Crippen molar-refractivity contribution in [1.29, 1.82) is 0 Å². The third-order valence-electron chi connectivity index (χ3n) is 5.59. The smallest absolute Gasteiger partial charge is 0.308 e. The first-order valence-electron chi connectivity index (χ1n) is 10.9. The van der Waals surface area contributed by atoms with Crippen LogP contribution in [0.25, 0.3) is 0 Å². The van der Waals surface area contributed by atoms with Crippen molar-refractivity contribution < 1.29 is 54.4 Å². The fourth-order valence-corrected chi connectivity index (χ4v) is 3.55. The lowest BCUT2D eigenvalue weighted by atomic mass is 9.99. The van der Waals surface area contributed by atoms with Crippen molar-refractivity contribution in [2.24, 2.45) is 0 Å². The Labute approximate surface area is 181 Å². The molecule has 11 nitrogen and oxygen atoms in total. The maximum absolute atomic E-state index is 11.9. The summed E-state index contributed by atoms with van der Waals surface area (Å²) in [6.07, 6.45) is -5.73. The summed E-state index contributed by atoms with van der Waals surface area (Å²) < 4.78 is 21.1. The van der Waals surface area contributed by atoms with Crippen molar-refractivity contribution in [3.63, 3.8) is 0 Å². The van der Waals surface area contributed by atoms with Crippen LogP contribution in [-0.4, -0.2) is 105 Å². The molecule has 2 heterocycles. The van der Waals surface area contributed by atoms with E-state index in [2.05, 4.69) is 0 Å². The van der Waals surface area contributed by atoms with Crippen molar-refractivity contribution in [1.82, 2.24) is 0 Å². The Kier molecular flexibility index (Phi) is 11.0. The zero-order chi connectivity index (χ0) is 23.0. The molecular formula is C20H36O11. The summed E-state index contributed by atoms with van der Waals surface area (Å²) in [7, 11) is 0. The lowest BCUT2D eigenvalue weighted by Crippen LogP contribution is -2.59. The van der Waals surface area contributed by atoms with Gasteiger partial charge in [-0.1, -0.05) is 19.3 Å². The fraction of sp³-hybridized carbons (Fsp3) is 0.950. The molecule has 0 spiro atoms. The summed E-state index contributed by atoms with van der Waals surface area (Å²) in [5, 5.41) is 57.9. The van der Waals surface area contributed by atoms with Gasteiger partial charge in [-0.3, -0.25) is 4.79 Å². The maximum Gasteiger partial charge on any atom is 0.308 e. The minimum absolute atomic E-state index is 0.105. The number of ether oxygens (including phenoxy) is 4. The number of carbonyl (C=O) groups excluding carboxylic acids is 1. The van der Waals surface area contributed by atoms with Gasteiger partial charge in [-0.2, -0.15) is 0 Å². The number of esters is 1. The molecule has 0 amide bonds. The number of unbranched alkanes of at least 4 members (excludes halogenated alkanes) is 4. The SMILES string of the molecule is CC1OC(OCCCCCCCC(=O)OC2OC(CO)C(O)C(O)C2O)[C@@H](O)C[C@H]1O. The van der Waals surface area contributed by atoms with Crippen LogP contribution >= 0.6 is 0 Å². The van der Waals surface area contributed by atoms with Gasteiger partial charge in [-0.25, -0.2) is 0 Å². The van der Waals surface area contributed by atoms with E-state index in [4.69, 9.17) is 24.1 Å². The van der Waals surface area contributed by atoms with E-state index < -0.39 is 61.8 Å². The fourth-order valence-electron chi connectivity index (χ4n) is 3.55. The van der Waals surface area contributed by atoms with Gasteiger partial charge in [0.1, 0.15) is 30.5 Å². The van der Waals surface area contributed by atoms with Crippen molar-refractivity contribution in [3.8, 4) is 0 Å². The number of aliphatic hydroxyl groups excluding tert-OH is 6. The molecule has 2 aliphatic rings. The van der Waals surface area contributed by atoms with E-state index in [1.165, 1.54) is 0 Å². The molecule has 31 heavy (non-hydrogen) atoms. The molecule has 0 aromatic carbocycles. The van der Waals surface area contributed by atoms with Gasteiger partial charge in [0.2, 0.25) is 6.29 Å². The molecule has 2 saturated heterocycles. The molecule has 9 atom stereocenters. The average Bonchev–Trinajstić information content (AvgIpc) is 2.73.